The zero-order valence-corrected chi connectivity index (χ0v) is 13.6. The molecule has 1 aliphatic heterocycles. The lowest BCUT2D eigenvalue weighted by Crippen LogP contribution is -2.43. The Hall–Kier alpha value is -1.98. The number of rotatable bonds is 3. The highest BCUT2D eigenvalue weighted by atomic mass is 35.5. The number of halogens is 1. The number of nitrogens with zero attached hydrogens (tertiary/aromatic N) is 1. The summed E-state index contributed by atoms with van der Waals surface area (Å²) >= 11 is 7.57. The molecule has 0 unspecified atom stereocenters. The molecule has 23 heavy (non-hydrogen) atoms. The van der Waals surface area contributed by atoms with Gasteiger partial charge in [-0.3, -0.25) is 4.79 Å². The second-order valence-corrected chi connectivity index (χ2v) is 6.66. The maximum atomic E-state index is 12.9. The number of benzene rings is 2. The molecule has 0 aromatic heterocycles. The van der Waals surface area contributed by atoms with E-state index in [1.165, 1.54) is 16.7 Å². The maximum absolute atomic E-state index is 12.9. The second kappa shape index (κ2) is 6.64. The second-order valence-electron chi connectivity index (χ2n) is 5.14. The summed E-state index contributed by atoms with van der Waals surface area (Å²) in [6, 6.07) is 15.3. The van der Waals surface area contributed by atoms with E-state index in [2.05, 4.69) is 0 Å². The first-order chi connectivity index (χ1) is 11.1. The van der Waals surface area contributed by atoms with Gasteiger partial charge in [-0.15, -0.1) is 11.8 Å². The summed E-state index contributed by atoms with van der Waals surface area (Å²) in [5.41, 5.74) is 1.23. The SMILES string of the molecule is O=C(O)[C@H]1CS[C@@H](c2ccccc2)N1C(=O)c1ccccc1Cl. The summed E-state index contributed by atoms with van der Waals surface area (Å²) in [6.45, 7) is 0. The first kappa shape index (κ1) is 15.9. The lowest BCUT2D eigenvalue weighted by Gasteiger charge is -2.28. The highest BCUT2D eigenvalue weighted by Crippen LogP contribution is 2.42. The van der Waals surface area contributed by atoms with Gasteiger partial charge in [0, 0.05) is 5.75 Å². The maximum Gasteiger partial charge on any atom is 0.327 e. The minimum Gasteiger partial charge on any atom is -0.480 e. The van der Waals surface area contributed by atoms with Crippen molar-refractivity contribution in [2.75, 3.05) is 5.75 Å². The smallest absolute Gasteiger partial charge is 0.327 e. The van der Waals surface area contributed by atoms with Crippen molar-refractivity contribution < 1.29 is 14.7 Å². The van der Waals surface area contributed by atoms with Gasteiger partial charge in [0.25, 0.3) is 5.91 Å². The molecule has 0 bridgehead atoms. The van der Waals surface area contributed by atoms with Crippen LogP contribution in [0.3, 0.4) is 0 Å². The predicted molar refractivity (Wildman–Crippen MR) is 90.7 cm³/mol. The normalized spacial score (nSPS) is 20.5. The number of carbonyl (C=O) groups excluding carboxylic acids is 1. The Morgan fingerprint density at radius 3 is 2.39 bits per heavy atom. The molecule has 118 valence electrons. The molecule has 2 aromatic carbocycles. The van der Waals surface area contributed by atoms with E-state index < -0.39 is 12.0 Å². The quantitative estimate of drug-likeness (QED) is 0.920. The topological polar surface area (TPSA) is 57.6 Å². The molecule has 1 amide bonds. The van der Waals surface area contributed by atoms with Crippen LogP contribution in [-0.2, 0) is 4.79 Å². The van der Waals surface area contributed by atoms with Crippen molar-refractivity contribution in [1.29, 1.82) is 0 Å². The molecule has 0 radical (unpaired) electrons. The van der Waals surface area contributed by atoms with Crippen molar-refractivity contribution in [2.45, 2.75) is 11.4 Å². The summed E-state index contributed by atoms with van der Waals surface area (Å²) < 4.78 is 0. The van der Waals surface area contributed by atoms with Crippen LogP contribution in [0.1, 0.15) is 21.3 Å². The average Bonchev–Trinajstić information content (AvgIpc) is 3.00. The molecule has 1 aliphatic rings. The van der Waals surface area contributed by atoms with Crippen LogP contribution in [0.2, 0.25) is 5.02 Å². The monoisotopic (exact) mass is 347 g/mol. The zero-order chi connectivity index (χ0) is 16.4. The van der Waals surface area contributed by atoms with Crippen molar-refractivity contribution >= 4 is 35.2 Å². The van der Waals surface area contributed by atoms with Crippen molar-refractivity contribution in [3.63, 3.8) is 0 Å². The number of hydrogen-bond acceptors (Lipinski definition) is 3. The fourth-order valence-corrected chi connectivity index (χ4v) is 4.23. The first-order valence-corrected chi connectivity index (χ1v) is 8.49. The van der Waals surface area contributed by atoms with Gasteiger partial charge < -0.3 is 10.0 Å². The van der Waals surface area contributed by atoms with Crippen LogP contribution in [0.4, 0.5) is 0 Å². The summed E-state index contributed by atoms with van der Waals surface area (Å²) in [5.74, 6) is -1.01. The van der Waals surface area contributed by atoms with E-state index in [4.69, 9.17) is 11.6 Å². The molecule has 1 saturated heterocycles. The molecule has 0 saturated carbocycles. The number of carboxylic acid groups (broad SMARTS) is 1. The van der Waals surface area contributed by atoms with Crippen LogP contribution in [0, 0.1) is 0 Å². The summed E-state index contributed by atoms with van der Waals surface area (Å²) in [7, 11) is 0. The average molecular weight is 348 g/mol. The minimum atomic E-state index is -1.00. The Morgan fingerprint density at radius 1 is 1.09 bits per heavy atom. The summed E-state index contributed by atoms with van der Waals surface area (Å²) in [5, 5.41) is 9.47. The Kier molecular flexibility index (Phi) is 4.59. The van der Waals surface area contributed by atoms with Gasteiger partial charge in [-0.05, 0) is 17.7 Å². The molecule has 1 N–H and O–H groups in total. The van der Waals surface area contributed by atoms with Gasteiger partial charge in [0.2, 0.25) is 0 Å². The van der Waals surface area contributed by atoms with Crippen molar-refractivity contribution in [3.8, 4) is 0 Å². The standard InChI is InChI=1S/C17H14ClNO3S/c18-13-9-5-4-8-12(13)15(20)19-14(17(21)22)10-23-16(19)11-6-2-1-3-7-11/h1-9,14,16H,10H2,(H,21,22)/t14-,16+/m1/s1. The van der Waals surface area contributed by atoms with Gasteiger partial charge in [0.15, 0.2) is 0 Å². The molecule has 3 rings (SSSR count). The highest BCUT2D eigenvalue weighted by Gasteiger charge is 2.42. The fraction of sp³-hybridized carbons (Fsp3) is 0.176. The van der Waals surface area contributed by atoms with Crippen molar-refractivity contribution in [1.82, 2.24) is 4.90 Å². The molecular weight excluding hydrogens is 334 g/mol. The number of thioether (sulfide) groups is 1. The Labute approximate surface area is 143 Å². The van der Waals surface area contributed by atoms with Crippen LogP contribution in [-0.4, -0.2) is 33.7 Å². The van der Waals surface area contributed by atoms with E-state index in [-0.39, 0.29) is 11.3 Å². The summed E-state index contributed by atoms with van der Waals surface area (Å²) in [6.07, 6.45) is 0. The Bertz CT molecular complexity index is 738. The van der Waals surface area contributed by atoms with Crippen molar-refractivity contribution in [3.05, 3.63) is 70.7 Å². The molecule has 1 heterocycles. The first-order valence-electron chi connectivity index (χ1n) is 7.06. The highest BCUT2D eigenvalue weighted by molar-refractivity contribution is 7.99. The Balaban J connectivity index is 2.01. The van der Waals surface area contributed by atoms with Gasteiger partial charge in [-0.1, -0.05) is 54.1 Å². The number of hydrogen-bond donors (Lipinski definition) is 1. The fourth-order valence-electron chi connectivity index (χ4n) is 2.59. The van der Waals surface area contributed by atoms with Crippen LogP contribution in [0.15, 0.2) is 54.6 Å². The van der Waals surface area contributed by atoms with Gasteiger partial charge in [0.05, 0.1) is 10.6 Å². The molecule has 1 fully saturated rings. The van der Waals surface area contributed by atoms with Crippen molar-refractivity contribution in [2.24, 2.45) is 0 Å². The van der Waals surface area contributed by atoms with E-state index in [0.29, 0.717) is 16.3 Å². The molecule has 2 aromatic rings. The van der Waals surface area contributed by atoms with Gasteiger partial charge in [0.1, 0.15) is 11.4 Å². The lowest BCUT2D eigenvalue weighted by atomic mass is 10.1. The molecule has 6 heteroatoms. The lowest BCUT2D eigenvalue weighted by molar-refractivity contribution is -0.141. The van der Waals surface area contributed by atoms with Crippen LogP contribution >= 0.6 is 23.4 Å². The number of carbonyl (C=O) groups is 2. The third-order valence-corrected chi connectivity index (χ3v) is 5.36. The van der Waals surface area contributed by atoms with Gasteiger partial charge in [-0.2, -0.15) is 0 Å². The van der Waals surface area contributed by atoms with Crippen LogP contribution in [0.5, 0.6) is 0 Å². The van der Waals surface area contributed by atoms with Crippen LogP contribution in [0.25, 0.3) is 0 Å². The summed E-state index contributed by atoms with van der Waals surface area (Å²) in [4.78, 5) is 25.9. The van der Waals surface area contributed by atoms with E-state index in [0.717, 1.165) is 5.56 Å². The number of carboxylic acids is 1. The molecule has 2 atom stereocenters. The van der Waals surface area contributed by atoms with Gasteiger partial charge >= 0.3 is 5.97 Å². The molecular formula is C17H14ClNO3S. The third kappa shape index (κ3) is 3.07. The molecule has 4 nitrogen and oxygen atoms in total. The van der Waals surface area contributed by atoms with E-state index in [1.807, 2.05) is 30.3 Å². The third-order valence-electron chi connectivity index (χ3n) is 3.71. The van der Waals surface area contributed by atoms with Crippen LogP contribution < -0.4 is 0 Å². The largest absolute Gasteiger partial charge is 0.480 e. The van der Waals surface area contributed by atoms with E-state index in [1.54, 1.807) is 24.3 Å². The predicted octanol–water partition coefficient (Wildman–Crippen LogP) is 3.68. The molecule has 0 spiro atoms. The number of amides is 1. The zero-order valence-electron chi connectivity index (χ0n) is 12.1. The van der Waals surface area contributed by atoms with E-state index >= 15 is 0 Å². The molecule has 0 aliphatic carbocycles. The van der Waals surface area contributed by atoms with E-state index in [9.17, 15) is 14.7 Å². The Morgan fingerprint density at radius 2 is 1.74 bits per heavy atom. The number of aliphatic carboxylic acids is 1. The minimum absolute atomic E-state index is 0.323. The van der Waals surface area contributed by atoms with Gasteiger partial charge in [-0.25, -0.2) is 4.79 Å².